The summed E-state index contributed by atoms with van der Waals surface area (Å²) in [4.78, 5) is 13.2. The summed E-state index contributed by atoms with van der Waals surface area (Å²) in [6.45, 7) is 4.90. The molecule has 0 fully saturated rings. The molecule has 2 aromatic carbocycles. The second-order valence-corrected chi connectivity index (χ2v) is 5.87. The Bertz CT molecular complexity index is 1100. The third kappa shape index (κ3) is 1.99. The minimum atomic E-state index is -0.0635. The van der Waals surface area contributed by atoms with Gasteiger partial charge in [0.1, 0.15) is 5.52 Å². The Labute approximate surface area is 140 Å². The summed E-state index contributed by atoms with van der Waals surface area (Å²) in [7, 11) is 0. The number of rotatable bonds is 3. The summed E-state index contributed by atoms with van der Waals surface area (Å²) < 4.78 is 3.62. The van der Waals surface area contributed by atoms with E-state index < -0.39 is 0 Å². The van der Waals surface area contributed by atoms with Gasteiger partial charge >= 0.3 is 0 Å². The molecule has 0 spiro atoms. The zero-order valence-corrected chi connectivity index (χ0v) is 13.9. The fourth-order valence-corrected chi connectivity index (χ4v) is 3.48. The Morgan fingerprint density at radius 1 is 0.958 bits per heavy atom. The molecule has 0 amide bonds. The summed E-state index contributed by atoms with van der Waals surface area (Å²) in [6.07, 6.45) is 2.68. The van der Waals surface area contributed by atoms with Gasteiger partial charge in [0.05, 0.1) is 11.9 Å². The molecule has 0 N–H and O–H groups in total. The monoisotopic (exact) mass is 317 g/mol. The topological polar surface area (TPSA) is 39.8 Å². The number of hydrogen-bond acceptors (Lipinski definition) is 2. The van der Waals surface area contributed by atoms with Gasteiger partial charge in [0.25, 0.3) is 5.56 Å². The van der Waals surface area contributed by atoms with Crippen LogP contribution in [0.5, 0.6) is 0 Å². The van der Waals surface area contributed by atoms with Crippen LogP contribution in [0.1, 0.15) is 19.4 Å². The molecule has 2 heterocycles. The standard InChI is InChI=1S/C20H19N3O/c1-3-14-9-5-7-11-17(14)23-20(24)19-16(13-21-23)15-10-6-8-12-18(15)22(19)4-2/h5-13H,3-4H2,1-2H3. The van der Waals surface area contributed by atoms with Crippen molar-refractivity contribution in [2.24, 2.45) is 0 Å². The summed E-state index contributed by atoms with van der Waals surface area (Å²) in [5.41, 5.74) is 3.71. The van der Waals surface area contributed by atoms with E-state index in [2.05, 4.69) is 35.6 Å². The largest absolute Gasteiger partial charge is 0.336 e. The lowest BCUT2D eigenvalue weighted by Gasteiger charge is -2.10. The molecule has 0 saturated carbocycles. The van der Waals surface area contributed by atoms with Crippen molar-refractivity contribution in [1.29, 1.82) is 0 Å². The number of fused-ring (bicyclic) bond motifs is 3. The first-order valence-corrected chi connectivity index (χ1v) is 8.33. The van der Waals surface area contributed by atoms with E-state index in [1.165, 1.54) is 4.68 Å². The fourth-order valence-electron chi connectivity index (χ4n) is 3.48. The van der Waals surface area contributed by atoms with Crippen LogP contribution in [0, 0.1) is 0 Å². The van der Waals surface area contributed by atoms with Gasteiger partial charge in [0.2, 0.25) is 0 Å². The molecule has 0 bridgehead atoms. The Balaban J connectivity index is 2.13. The molecule has 4 rings (SSSR count). The van der Waals surface area contributed by atoms with Gasteiger partial charge in [-0.1, -0.05) is 43.3 Å². The molecule has 0 aliphatic heterocycles. The summed E-state index contributed by atoms with van der Waals surface area (Å²) in [5.74, 6) is 0. The molecule has 0 aliphatic carbocycles. The first-order valence-electron chi connectivity index (χ1n) is 8.33. The van der Waals surface area contributed by atoms with E-state index in [1.54, 1.807) is 0 Å². The summed E-state index contributed by atoms with van der Waals surface area (Å²) >= 11 is 0. The van der Waals surface area contributed by atoms with E-state index >= 15 is 0 Å². The lowest BCUT2D eigenvalue weighted by Crippen LogP contribution is -2.23. The molecule has 2 aromatic heterocycles. The second-order valence-electron chi connectivity index (χ2n) is 5.87. The molecule has 0 radical (unpaired) electrons. The SMILES string of the molecule is CCc1ccccc1-n1ncc2c3ccccc3n(CC)c2c1=O. The Hall–Kier alpha value is -2.88. The van der Waals surface area contributed by atoms with Gasteiger partial charge in [-0.3, -0.25) is 4.79 Å². The molecule has 0 atom stereocenters. The third-order valence-electron chi connectivity index (χ3n) is 4.62. The summed E-state index contributed by atoms with van der Waals surface area (Å²) in [5, 5.41) is 6.47. The van der Waals surface area contributed by atoms with Crippen molar-refractivity contribution in [3.05, 3.63) is 70.6 Å². The molecule has 0 saturated heterocycles. The molecule has 4 heteroatoms. The van der Waals surface area contributed by atoms with Crippen molar-refractivity contribution in [2.75, 3.05) is 0 Å². The number of aromatic nitrogens is 3. The smallest absolute Gasteiger partial charge is 0.296 e. The van der Waals surface area contributed by atoms with Gasteiger partial charge in [0.15, 0.2) is 0 Å². The van der Waals surface area contributed by atoms with Crippen LogP contribution in [0.3, 0.4) is 0 Å². The second kappa shape index (κ2) is 5.64. The number of para-hydroxylation sites is 2. The van der Waals surface area contributed by atoms with E-state index in [0.29, 0.717) is 0 Å². The lowest BCUT2D eigenvalue weighted by molar-refractivity contribution is 0.777. The van der Waals surface area contributed by atoms with Crippen LogP contribution >= 0.6 is 0 Å². The van der Waals surface area contributed by atoms with Gasteiger partial charge in [-0.25, -0.2) is 0 Å². The third-order valence-corrected chi connectivity index (χ3v) is 4.62. The zero-order chi connectivity index (χ0) is 16.7. The average molecular weight is 317 g/mol. The first-order chi connectivity index (χ1) is 11.8. The van der Waals surface area contributed by atoms with E-state index in [1.807, 2.05) is 42.6 Å². The first kappa shape index (κ1) is 14.7. The number of aryl methyl sites for hydroxylation is 2. The van der Waals surface area contributed by atoms with Crippen molar-refractivity contribution in [2.45, 2.75) is 26.8 Å². The quantitative estimate of drug-likeness (QED) is 0.574. The number of hydrogen-bond donors (Lipinski definition) is 0. The van der Waals surface area contributed by atoms with E-state index in [-0.39, 0.29) is 5.56 Å². The minimum absolute atomic E-state index is 0.0635. The Kier molecular flexibility index (Phi) is 3.45. The predicted octanol–water partition coefficient (Wildman–Crippen LogP) is 3.92. The van der Waals surface area contributed by atoms with E-state index in [9.17, 15) is 4.79 Å². The molecular formula is C20H19N3O. The van der Waals surface area contributed by atoms with Crippen molar-refractivity contribution in [1.82, 2.24) is 14.3 Å². The normalized spacial score (nSPS) is 11.4. The van der Waals surface area contributed by atoms with Crippen LogP contribution in [0.15, 0.2) is 59.5 Å². The number of benzene rings is 2. The van der Waals surface area contributed by atoms with E-state index in [4.69, 9.17) is 0 Å². The Morgan fingerprint density at radius 3 is 2.50 bits per heavy atom. The predicted molar refractivity (Wildman–Crippen MR) is 97.9 cm³/mol. The lowest BCUT2D eigenvalue weighted by atomic mass is 10.1. The van der Waals surface area contributed by atoms with Crippen LogP contribution < -0.4 is 5.56 Å². The Morgan fingerprint density at radius 2 is 1.71 bits per heavy atom. The van der Waals surface area contributed by atoms with Crippen LogP contribution in [-0.2, 0) is 13.0 Å². The van der Waals surface area contributed by atoms with Crippen molar-refractivity contribution >= 4 is 21.8 Å². The molecule has 4 aromatic rings. The van der Waals surface area contributed by atoms with Gasteiger partial charge in [-0.05, 0) is 31.0 Å². The minimum Gasteiger partial charge on any atom is -0.336 e. The molecule has 24 heavy (non-hydrogen) atoms. The average Bonchev–Trinajstić information content (AvgIpc) is 2.97. The zero-order valence-electron chi connectivity index (χ0n) is 13.9. The van der Waals surface area contributed by atoms with Crippen molar-refractivity contribution in [3.63, 3.8) is 0 Å². The van der Waals surface area contributed by atoms with E-state index in [0.717, 1.165) is 46.0 Å². The van der Waals surface area contributed by atoms with Crippen LogP contribution in [0.4, 0.5) is 0 Å². The molecule has 4 nitrogen and oxygen atoms in total. The molecule has 0 unspecified atom stereocenters. The van der Waals surface area contributed by atoms with Crippen LogP contribution in [0.2, 0.25) is 0 Å². The number of nitrogens with zero attached hydrogens (tertiary/aromatic N) is 3. The highest BCUT2D eigenvalue weighted by Crippen LogP contribution is 2.26. The molecular weight excluding hydrogens is 298 g/mol. The molecule has 0 aliphatic rings. The van der Waals surface area contributed by atoms with Crippen molar-refractivity contribution < 1.29 is 0 Å². The highest BCUT2D eigenvalue weighted by atomic mass is 16.1. The van der Waals surface area contributed by atoms with Crippen LogP contribution in [0.25, 0.3) is 27.5 Å². The maximum Gasteiger partial charge on any atom is 0.296 e. The highest BCUT2D eigenvalue weighted by molar-refractivity contribution is 6.07. The summed E-state index contributed by atoms with van der Waals surface area (Å²) in [6, 6.07) is 16.1. The maximum absolute atomic E-state index is 13.2. The fraction of sp³-hybridized carbons (Fsp3) is 0.200. The van der Waals surface area contributed by atoms with Gasteiger partial charge in [0, 0.05) is 22.8 Å². The van der Waals surface area contributed by atoms with Gasteiger partial charge in [-0.2, -0.15) is 9.78 Å². The highest BCUT2D eigenvalue weighted by Gasteiger charge is 2.16. The van der Waals surface area contributed by atoms with Crippen LogP contribution in [-0.4, -0.2) is 14.3 Å². The van der Waals surface area contributed by atoms with Gasteiger partial charge in [-0.15, -0.1) is 0 Å². The van der Waals surface area contributed by atoms with Gasteiger partial charge < -0.3 is 4.57 Å². The molecule has 120 valence electrons. The maximum atomic E-state index is 13.2. The van der Waals surface area contributed by atoms with Crippen molar-refractivity contribution in [3.8, 4) is 5.69 Å².